The van der Waals surface area contributed by atoms with Crippen LogP contribution in [0, 0.1) is 10.8 Å². The Morgan fingerprint density at radius 2 is 1.95 bits per heavy atom. The first-order valence-electron chi connectivity index (χ1n) is 7.60. The number of carbonyl (C=O) groups is 2. The molecular formula is C15H23NO4. The predicted octanol–water partition coefficient (Wildman–Crippen LogP) is 1.66. The Balaban J connectivity index is 1.71. The molecule has 0 aromatic rings. The topological polar surface area (TPSA) is 66.8 Å². The smallest absolute Gasteiger partial charge is 0.319 e. The molecule has 0 radical (unpaired) electrons. The van der Waals surface area contributed by atoms with Crippen molar-refractivity contribution in [2.75, 3.05) is 13.7 Å². The molecular weight excluding hydrogens is 258 g/mol. The van der Waals surface area contributed by atoms with Gasteiger partial charge in [-0.3, -0.25) is 9.59 Å². The number of hydrogen-bond donors (Lipinski definition) is 1. The zero-order valence-electron chi connectivity index (χ0n) is 12.2. The van der Waals surface area contributed by atoms with Gasteiger partial charge in [0.1, 0.15) is 5.41 Å². The average Bonchev–Trinajstić information content (AvgIpc) is 3.11. The van der Waals surface area contributed by atoms with Crippen LogP contribution in [-0.4, -0.2) is 47.7 Å². The molecule has 0 heterocycles. The van der Waals surface area contributed by atoms with E-state index in [2.05, 4.69) is 0 Å². The third kappa shape index (κ3) is 1.65. The highest BCUT2D eigenvalue weighted by Crippen LogP contribution is 2.60. The summed E-state index contributed by atoms with van der Waals surface area (Å²) in [5.74, 6) is -1.16. The maximum absolute atomic E-state index is 12.5. The Labute approximate surface area is 119 Å². The van der Waals surface area contributed by atoms with Crippen molar-refractivity contribution in [2.24, 2.45) is 10.8 Å². The van der Waals surface area contributed by atoms with Gasteiger partial charge in [-0.2, -0.15) is 0 Å². The number of carbonyl (C=O) groups excluding carboxylic acids is 1. The SMILES string of the molecule is CCOC1CC(N(C)C(=O)C2(C(=O)O)CC2)C12CCC2. The summed E-state index contributed by atoms with van der Waals surface area (Å²) in [4.78, 5) is 25.5. The van der Waals surface area contributed by atoms with Crippen LogP contribution in [0.5, 0.6) is 0 Å². The van der Waals surface area contributed by atoms with E-state index in [1.165, 1.54) is 6.42 Å². The number of carboxylic acid groups (broad SMARTS) is 1. The Bertz CT molecular complexity index is 439. The maximum atomic E-state index is 12.5. The number of carboxylic acids is 1. The van der Waals surface area contributed by atoms with Crippen LogP contribution < -0.4 is 0 Å². The molecule has 1 amide bonds. The van der Waals surface area contributed by atoms with E-state index in [-0.39, 0.29) is 23.5 Å². The van der Waals surface area contributed by atoms with Gasteiger partial charge in [-0.05, 0) is 39.0 Å². The monoisotopic (exact) mass is 281 g/mol. The predicted molar refractivity (Wildman–Crippen MR) is 72.2 cm³/mol. The van der Waals surface area contributed by atoms with Gasteiger partial charge in [0.25, 0.3) is 0 Å². The summed E-state index contributed by atoms with van der Waals surface area (Å²) in [7, 11) is 1.78. The summed E-state index contributed by atoms with van der Waals surface area (Å²) in [6.45, 7) is 2.70. The fourth-order valence-corrected chi connectivity index (χ4v) is 4.07. The van der Waals surface area contributed by atoms with Crippen molar-refractivity contribution in [1.82, 2.24) is 4.90 Å². The summed E-state index contributed by atoms with van der Waals surface area (Å²) in [5.41, 5.74) is -1.01. The lowest BCUT2D eigenvalue weighted by atomic mass is 9.50. The fourth-order valence-electron chi connectivity index (χ4n) is 4.07. The highest BCUT2D eigenvalue weighted by molar-refractivity contribution is 6.04. The van der Waals surface area contributed by atoms with E-state index < -0.39 is 11.4 Å². The van der Waals surface area contributed by atoms with Gasteiger partial charge in [0.15, 0.2) is 0 Å². The molecule has 0 aromatic carbocycles. The molecule has 0 saturated heterocycles. The van der Waals surface area contributed by atoms with Gasteiger partial charge in [0.2, 0.25) is 5.91 Å². The summed E-state index contributed by atoms with van der Waals surface area (Å²) in [6.07, 6.45) is 5.46. The van der Waals surface area contributed by atoms with Crippen LogP contribution in [0.4, 0.5) is 0 Å². The zero-order chi connectivity index (χ0) is 14.5. The van der Waals surface area contributed by atoms with Gasteiger partial charge in [-0.15, -0.1) is 0 Å². The molecule has 0 aromatic heterocycles. The van der Waals surface area contributed by atoms with Gasteiger partial charge in [0.05, 0.1) is 6.10 Å². The van der Waals surface area contributed by atoms with Crippen molar-refractivity contribution in [3.63, 3.8) is 0 Å². The minimum Gasteiger partial charge on any atom is -0.480 e. The van der Waals surface area contributed by atoms with Crippen LogP contribution in [0.15, 0.2) is 0 Å². The molecule has 112 valence electrons. The first kappa shape index (κ1) is 13.9. The Morgan fingerprint density at radius 1 is 1.30 bits per heavy atom. The molecule has 20 heavy (non-hydrogen) atoms. The van der Waals surface area contributed by atoms with Crippen molar-refractivity contribution in [3.05, 3.63) is 0 Å². The lowest BCUT2D eigenvalue weighted by molar-refractivity contribution is -0.204. The summed E-state index contributed by atoms with van der Waals surface area (Å²) < 4.78 is 5.79. The molecule has 3 rings (SSSR count). The van der Waals surface area contributed by atoms with Gasteiger partial charge < -0.3 is 14.7 Å². The van der Waals surface area contributed by atoms with Crippen molar-refractivity contribution in [2.45, 2.75) is 57.6 Å². The first-order chi connectivity index (χ1) is 9.48. The fraction of sp³-hybridized carbons (Fsp3) is 0.867. The molecule has 5 nitrogen and oxygen atoms in total. The molecule has 3 aliphatic carbocycles. The average molecular weight is 281 g/mol. The van der Waals surface area contributed by atoms with Crippen molar-refractivity contribution < 1.29 is 19.4 Å². The zero-order valence-corrected chi connectivity index (χ0v) is 12.2. The first-order valence-corrected chi connectivity index (χ1v) is 7.60. The van der Waals surface area contributed by atoms with E-state index in [0.29, 0.717) is 19.4 Å². The van der Waals surface area contributed by atoms with Gasteiger partial charge in [-0.25, -0.2) is 0 Å². The number of nitrogens with zero attached hydrogens (tertiary/aromatic N) is 1. The molecule has 3 saturated carbocycles. The molecule has 3 aliphatic rings. The number of aliphatic carboxylic acids is 1. The largest absolute Gasteiger partial charge is 0.480 e. The molecule has 3 fully saturated rings. The van der Waals surface area contributed by atoms with Crippen molar-refractivity contribution >= 4 is 11.9 Å². The maximum Gasteiger partial charge on any atom is 0.319 e. The Morgan fingerprint density at radius 3 is 2.35 bits per heavy atom. The van der Waals surface area contributed by atoms with Gasteiger partial charge in [0, 0.05) is 25.1 Å². The number of amides is 1. The molecule has 5 heteroatoms. The molecule has 1 spiro atoms. The summed E-state index contributed by atoms with van der Waals surface area (Å²) >= 11 is 0. The minimum absolute atomic E-state index is 0.106. The van der Waals surface area contributed by atoms with Crippen molar-refractivity contribution in [3.8, 4) is 0 Å². The van der Waals surface area contributed by atoms with Crippen LogP contribution in [-0.2, 0) is 14.3 Å². The third-order valence-corrected chi connectivity index (χ3v) is 5.75. The number of rotatable bonds is 5. The van der Waals surface area contributed by atoms with Crippen molar-refractivity contribution in [1.29, 1.82) is 0 Å². The van der Waals surface area contributed by atoms with Gasteiger partial charge >= 0.3 is 5.97 Å². The Hall–Kier alpha value is -1.10. The second kappa shape index (κ2) is 4.45. The molecule has 0 aliphatic heterocycles. The Kier molecular flexibility index (Phi) is 3.08. The molecule has 0 bridgehead atoms. The van der Waals surface area contributed by atoms with E-state index in [4.69, 9.17) is 4.74 Å². The van der Waals surface area contributed by atoms with Crippen LogP contribution in [0.3, 0.4) is 0 Å². The number of ether oxygens (including phenoxy) is 1. The van der Waals surface area contributed by atoms with Gasteiger partial charge in [-0.1, -0.05) is 6.42 Å². The molecule has 2 unspecified atom stereocenters. The molecule has 1 N–H and O–H groups in total. The lowest BCUT2D eigenvalue weighted by Crippen LogP contribution is -2.68. The summed E-state index contributed by atoms with van der Waals surface area (Å²) in [5, 5.41) is 9.26. The quantitative estimate of drug-likeness (QED) is 0.778. The van der Waals surface area contributed by atoms with E-state index >= 15 is 0 Å². The second-order valence-electron chi connectivity index (χ2n) is 6.59. The van der Waals surface area contributed by atoms with E-state index in [9.17, 15) is 14.7 Å². The minimum atomic E-state index is -1.11. The van der Waals surface area contributed by atoms with Crippen LogP contribution >= 0.6 is 0 Å². The normalized spacial score (nSPS) is 32.1. The molecule has 2 atom stereocenters. The van der Waals surface area contributed by atoms with E-state index in [1.807, 2.05) is 6.92 Å². The van der Waals surface area contributed by atoms with Crippen LogP contribution in [0.1, 0.15) is 45.4 Å². The van der Waals surface area contributed by atoms with E-state index in [1.54, 1.807) is 11.9 Å². The highest BCUT2D eigenvalue weighted by Gasteiger charge is 2.64. The number of hydrogen-bond acceptors (Lipinski definition) is 3. The third-order valence-electron chi connectivity index (χ3n) is 5.75. The highest BCUT2D eigenvalue weighted by atomic mass is 16.5. The second-order valence-corrected chi connectivity index (χ2v) is 6.59. The standard InChI is InChI=1S/C15H23NO4/c1-3-20-11-9-10(14(11)5-4-6-14)16(2)12(17)15(7-8-15)13(18)19/h10-11H,3-9H2,1-2H3,(H,18,19). The van der Waals surface area contributed by atoms with E-state index in [0.717, 1.165) is 19.3 Å². The van der Waals surface area contributed by atoms with Crippen LogP contribution in [0.2, 0.25) is 0 Å². The lowest BCUT2D eigenvalue weighted by Gasteiger charge is -2.63. The van der Waals surface area contributed by atoms with Crippen LogP contribution in [0.25, 0.3) is 0 Å². The summed E-state index contributed by atoms with van der Waals surface area (Å²) in [6, 6.07) is 0.164.